The molecule has 0 unspecified atom stereocenters. The Kier molecular flexibility index (Phi) is 7.47. The van der Waals surface area contributed by atoms with Gasteiger partial charge in [-0.15, -0.1) is 23.1 Å². The highest BCUT2D eigenvalue weighted by Crippen LogP contribution is 2.35. The van der Waals surface area contributed by atoms with Gasteiger partial charge in [0.2, 0.25) is 5.91 Å². The molecule has 1 aliphatic rings. The lowest BCUT2D eigenvalue weighted by molar-refractivity contribution is -0.150. The van der Waals surface area contributed by atoms with Gasteiger partial charge in [0.15, 0.2) is 6.61 Å². The number of carbonyl (C=O) groups excluding carboxylic acids is 4. The van der Waals surface area contributed by atoms with Crippen LogP contribution in [0.1, 0.15) is 16.6 Å². The van der Waals surface area contributed by atoms with Crippen molar-refractivity contribution in [3.8, 4) is 10.4 Å². The van der Waals surface area contributed by atoms with Crippen LogP contribution < -0.4 is 5.32 Å². The van der Waals surface area contributed by atoms with Gasteiger partial charge in [-0.2, -0.15) is 0 Å². The van der Waals surface area contributed by atoms with E-state index in [2.05, 4.69) is 5.32 Å². The zero-order valence-electron chi connectivity index (χ0n) is 16.2. The minimum atomic E-state index is -0.665. The van der Waals surface area contributed by atoms with Crippen molar-refractivity contribution in [1.29, 1.82) is 0 Å². The van der Waals surface area contributed by atoms with Crippen LogP contribution in [0.25, 0.3) is 10.4 Å². The van der Waals surface area contributed by atoms with E-state index in [1.165, 1.54) is 28.0 Å². The Hall–Kier alpha value is -2.85. The maximum absolute atomic E-state index is 12.3. The molecule has 0 saturated carbocycles. The molecule has 0 aliphatic carbocycles. The number of hydrogen-bond donors (Lipinski definition) is 1. The first kappa shape index (κ1) is 21.8. The van der Waals surface area contributed by atoms with E-state index in [9.17, 15) is 19.2 Å². The molecule has 3 rings (SSSR count). The van der Waals surface area contributed by atoms with Gasteiger partial charge in [-0.1, -0.05) is 30.3 Å². The molecule has 0 spiro atoms. The van der Waals surface area contributed by atoms with Crippen LogP contribution in [0.4, 0.5) is 5.69 Å². The van der Waals surface area contributed by atoms with Gasteiger partial charge in [0.05, 0.1) is 23.9 Å². The van der Waals surface area contributed by atoms with Crippen molar-refractivity contribution in [1.82, 2.24) is 4.90 Å². The van der Waals surface area contributed by atoms with Crippen molar-refractivity contribution >= 4 is 52.5 Å². The maximum atomic E-state index is 12.3. The second-order valence-corrected chi connectivity index (χ2v) is 8.23. The zero-order chi connectivity index (χ0) is 21.5. The Balaban J connectivity index is 1.64. The highest BCUT2D eigenvalue weighted by molar-refractivity contribution is 8.00. The predicted molar refractivity (Wildman–Crippen MR) is 114 cm³/mol. The van der Waals surface area contributed by atoms with E-state index in [0.717, 1.165) is 10.4 Å². The van der Waals surface area contributed by atoms with Gasteiger partial charge in [-0.25, -0.2) is 4.79 Å². The van der Waals surface area contributed by atoms with Gasteiger partial charge in [0.1, 0.15) is 11.4 Å². The second-order valence-electron chi connectivity index (χ2n) is 6.22. The van der Waals surface area contributed by atoms with Crippen LogP contribution in [0.3, 0.4) is 0 Å². The van der Waals surface area contributed by atoms with E-state index in [4.69, 9.17) is 9.47 Å². The SMILES string of the molecule is CCOC(=O)c1sc(-c2ccccc2)cc1NC(=O)COC(=O)CN1CSCC1=O. The molecule has 1 aliphatic heterocycles. The number of nitrogens with zero attached hydrogens (tertiary/aromatic N) is 1. The summed E-state index contributed by atoms with van der Waals surface area (Å²) >= 11 is 2.62. The Morgan fingerprint density at radius 2 is 1.93 bits per heavy atom. The molecule has 8 nitrogen and oxygen atoms in total. The van der Waals surface area contributed by atoms with Gasteiger partial charge in [0.25, 0.3) is 5.91 Å². The largest absolute Gasteiger partial charge is 0.462 e. The Morgan fingerprint density at radius 3 is 2.60 bits per heavy atom. The Bertz CT molecular complexity index is 944. The molecule has 1 N–H and O–H groups in total. The third-order valence-electron chi connectivity index (χ3n) is 4.03. The third-order valence-corrected chi connectivity index (χ3v) is 6.14. The smallest absolute Gasteiger partial charge is 0.350 e. The van der Waals surface area contributed by atoms with Crippen LogP contribution in [0.2, 0.25) is 0 Å². The van der Waals surface area contributed by atoms with E-state index in [-0.39, 0.29) is 23.9 Å². The summed E-state index contributed by atoms with van der Waals surface area (Å²) < 4.78 is 10.0. The molecular weight excluding hydrogens is 428 g/mol. The van der Waals surface area contributed by atoms with E-state index in [0.29, 0.717) is 17.3 Å². The van der Waals surface area contributed by atoms with Gasteiger partial charge in [0, 0.05) is 4.88 Å². The summed E-state index contributed by atoms with van der Waals surface area (Å²) in [5.41, 5.74) is 1.19. The normalized spacial score (nSPS) is 13.2. The zero-order valence-corrected chi connectivity index (χ0v) is 17.8. The van der Waals surface area contributed by atoms with Crippen molar-refractivity contribution in [2.75, 3.05) is 36.7 Å². The molecule has 1 aromatic carbocycles. The van der Waals surface area contributed by atoms with Crippen molar-refractivity contribution in [2.45, 2.75) is 6.92 Å². The lowest BCUT2D eigenvalue weighted by Crippen LogP contribution is -2.33. The van der Waals surface area contributed by atoms with Crippen LogP contribution in [-0.4, -0.2) is 60.0 Å². The van der Waals surface area contributed by atoms with Crippen molar-refractivity contribution in [3.05, 3.63) is 41.3 Å². The predicted octanol–water partition coefficient (Wildman–Crippen LogP) is 2.61. The standard InChI is InChI=1S/C20H20N2O6S2/c1-2-27-20(26)19-14(8-15(30-19)13-6-4-3-5-7-13)21-16(23)10-28-18(25)9-22-12-29-11-17(22)24/h3-8H,2,9-12H2,1H3,(H,21,23). The van der Waals surface area contributed by atoms with Gasteiger partial charge < -0.3 is 19.7 Å². The van der Waals surface area contributed by atoms with Crippen LogP contribution >= 0.6 is 23.1 Å². The summed E-state index contributed by atoms with van der Waals surface area (Å²) in [6.45, 7) is 1.19. The van der Waals surface area contributed by atoms with Crippen molar-refractivity contribution in [2.24, 2.45) is 0 Å². The fourth-order valence-corrected chi connectivity index (χ4v) is 4.57. The molecule has 30 heavy (non-hydrogen) atoms. The summed E-state index contributed by atoms with van der Waals surface area (Å²) in [6.07, 6.45) is 0. The van der Waals surface area contributed by atoms with E-state index < -0.39 is 24.5 Å². The molecule has 158 valence electrons. The minimum Gasteiger partial charge on any atom is -0.462 e. The molecule has 2 heterocycles. The summed E-state index contributed by atoms with van der Waals surface area (Å²) in [6, 6.07) is 11.1. The number of amides is 2. The Labute approximate surface area is 181 Å². The molecular formula is C20H20N2O6S2. The monoisotopic (exact) mass is 448 g/mol. The lowest BCUT2D eigenvalue weighted by Gasteiger charge is -2.13. The van der Waals surface area contributed by atoms with Crippen LogP contribution in [-0.2, 0) is 23.9 Å². The molecule has 1 fully saturated rings. The molecule has 0 bridgehead atoms. The fourth-order valence-electron chi connectivity index (χ4n) is 2.65. The van der Waals surface area contributed by atoms with E-state index in [1.807, 2.05) is 30.3 Å². The first-order chi connectivity index (χ1) is 14.5. The average Bonchev–Trinajstić information content (AvgIpc) is 3.34. The van der Waals surface area contributed by atoms with Crippen molar-refractivity contribution < 1.29 is 28.7 Å². The Morgan fingerprint density at radius 1 is 1.17 bits per heavy atom. The summed E-state index contributed by atoms with van der Waals surface area (Å²) in [5.74, 6) is -1.16. The first-order valence-corrected chi connectivity index (χ1v) is 11.1. The molecule has 2 aromatic rings. The lowest BCUT2D eigenvalue weighted by atomic mass is 10.2. The van der Waals surface area contributed by atoms with Crippen LogP contribution in [0.5, 0.6) is 0 Å². The van der Waals surface area contributed by atoms with Gasteiger partial charge >= 0.3 is 11.9 Å². The maximum Gasteiger partial charge on any atom is 0.350 e. The fraction of sp³-hybridized carbons (Fsp3) is 0.300. The number of esters is 2. The summed E-state index contributed by atoms with van der Waals surface area (Å²) in [4.78, 5) is 50.4. The molecule has 10 heteroatoms. The highest BCUT2D eigenvalue weighted by atomic mass is 32.2. The number of ether oxygens (including phenoxy) is 2. The number of rotatable bonds is 8. The first-order valence-electron chi connectivity index (χ1n) is 9.15. The number of anilines is 1. The van der Waals surface area contributed by atoms with Gasteiger partial charge in [-0.3, -0.25) is 14.4 Å². The quantitative estimate of drug-likeness (QED) is 0.619. The van der Waals surface area contributed by atoms with E-state index in [1.54, 1.807) is 13.0 Å². The minimum absolute atomic E-state index is 0.132. The molecule has 1 aromatic heterocycles. The summed E-state index contributed by atoms with van der Waals surface area (Å²) in [7, 11) is 0. The topological polar surface area (TPSA) is 102 Å². The molecule has 0 radical (unpaired) electrons. The molecule has 1 saturated heterocycles. The van der Waals surface area contributed by atoms with Crippen LogP contribution in [0.15, 0.2) is 36.4 Å². The molecule has 0 atom stereocenters. The second kappa shape index (κ2) is 10.3. The van der Waals surface area contributed by atoms with Gasteiger partial charge in [-0.05, 0) is 18.6 Å². The van der Waals surface area contributed by atoms with E-state index >= 15 is 0 Å². The van der Waals surface area contributed by atoms with Crippen LogP contribution in [0, 0.1) is 0 Å². The number of thiophene rings is 1. The third kappa shape index (κ3) is 5.61. The highest BCUT2D eigenvalue weighted by Gasteiger charge is 2.24. The number of carbonyl (C=O) groups is 4. The number of benzene rings is 1. The number of hydrogen-bond acceptors (Lipinski definition) is 8. The number of nitrogens with one attached hydrogen (secondary N) is 1. The summed E-state index contributed by atoms with van der Waals surface area (Å²) in [5, 5.41) is 2.61. The average molecular weight is 449 g/mol. The molecule has 2 amide bonds. The van der Waals surface area contributed by atoms with Crippen molar-refractivity contribution in [3.63, 3.8) is 0 Å². The number of thioether (sulfide) groups is 1.